The average molecular weight is 211 g/mol. The number of hydrogen-bond donors (Lipinski definition) is 1. The molecule has 4 heteroatoms. The molecule has 1 aromatic heterocycles. The van der Waals surface area contributed by atoms with Crippen molar-refractivity contribution in [3.05, 3.63) is 16.7 Å². The largest absolute Gasteiger partial charge is 0.337 e. The molecule has 0 spiro atoms. The Balaban J connectivity index is 2.14. The summed E-state index contributed by atoms with van der Waals surface area (Å²) in [7, 11) is 2.20. The Hall–Kier alpha value is -0.610. The van der Waals surface area contributed by atoms with Crippen molar-refractivity contribution in [1.29, 1.82) is 0 Å². The molecule has 14 heavy (non-hydrogen) atoms. The van der Waals surface area contributed by atoms with Gasteiger partial charge in [0.25, 0.3) is 0 Å². The quantitative estimate of drug-likeness (QED) is 0.756. The smallest absolute Gasteiger partial charge is 0.177 e. The number of nitrogens with zero attached hydrogens (tertiary/aromatic N) is 2. The maximum Gasteiger partial charge on any atom is 0.177 e. The van der Waals surface area contributed by atoms with Gasteiger partial charge >= 0.3 is 0 Å². The molecule has 0 saturated carbocycles. The van der Waals surface area contributed by atoms with Crippen molar-refractivity contribution < 1.29 is 0 Å². The van der Waals surface area contributed by atoms with Crippen molar-refractivity contribution in [1.82, 2.24) is 14.5 Å². The van der Waals surface area contributed by atoms with Crippen molar-refractivity contribution in [2.75, 3.05) is 13.6 Å². The molecule has 78 valence electrons. The number of H-pyrrole nitrogens is 1. The van der Waals surface area contributed by atoms with Crippen LogP contribution in [0.3, 0.4) is 0 Å². The van der Waals surface area contributed by atoms with Gasteiger partial charge in [-0.1, -0.05) is 0 Å². The molecule has 1 unspecified atom stereocenters. The molecular weight excluding hydrogens is 194 g/mol. The van der Waals surface area contributed by atoms with E-state index < -0.39 is 0 Å². The van der Waals surface area contributed by atoms with Crippen LogP contribution in [0.4, 0.5) is 0 Å². The van der Waals surface area contributed by atoms with E-state index in [0.29, 0.717) is 6.04 Å². The summed E-state index contributed by atoms with van der Waals surface area (Å²) in [5.74, 6) is 0. The molecule has 1 N–H and O–H groups in total. The SMILES string of the molecule is Cc1c[nH]c(=S)n1CC1CCCN1C. The monoisotopic (exact) mass is 211 g/mol. The molecule has 2 rings (SSSR count). The predicted octanol–water partition coefficient (Wildman–Crippen LogP) is 1.95. The van der Waals surface area contributed by atoms with Gasteiger partial charge in [-0.15, -0.1) is 0 Å². The highest BCUT2D eigenvalue weighted by atomic mass is 32.1. The van der Waals surface area contributed by atoms with Crippen LogP contribution in [-0.4, -0.2) is 34.1 Å². The molecule has 0 aromatic carbocycles. The van der Waals surface area contributed by atoms with Gasteiger partial charge in [0.05, 0.1) is 0 Å². The fraction of sp³-hybridized carbons (Fsp3) is 0.700. The van der Waals surface area contributed by atoms with E-state index in [4.69, 9.17) is 12.2 Å². The lowest BCUT2D eigenvalue weighted by Crippen LogP contribution is -2.29. The highest BCUT2D eigenvalue weighted by Crippen LogP contribution is 2.17. The van der Waals surface area contributed by atoms with Crippen LogP contribution in [0.5, 0.6) is 0 Å². The minimum atomic E-state index is 0.663. The third-order valence-corrected chi connectivity index (χ3v) is 3.48. The number of rotatable bonds is 2. The first-order valence-corrected chi connectivity index (χ1v) is 5.54. The molecule has 0 aliphatic carbocycles. The second-order valence-corrected chi connectivity index (χ2v) is 4.51. The minimum Gasteiger partial charge on any atom is -0.337 e. The number of hydrogen-bond acceptors (Lipinski definition) is 2. The van der Waals surface area contributed by atoms with Crippen molar-refractivity contribution in [2.45, 2.75) is 32.4 Å². The van der Waals surface area contributed by atoms with Gasteiger partial charge in [0.2, 0.25) is 0 Å². The molecule has 0 radical (unpaired) electrons. The normalized spacial score (nSPS) is 23.1. The van der Waals surface area contributed by atoms with Gasteiger partial charge in [-0.3, -0.25) is 0 Å². The third kappa shape index (κ3) is 1.77. The van der Waals surface area contributed by atoms with Gasteiger partial charge in [-0.05, 0) is 45.6 Å². The van der Waals surface area contributed by atoms with Crippen LogP contribution >= 0.6 is 12.2 Å². The summed E-state index contributed by atoms with van der Waals surface area (Å²) in [4.78, 5) is 5.51. The lowest BCUT2D eigenvalue weighted by molar-refractivity contribution is 0.280. The highest BCUT2D eigenvalue weighted by Gasteiger charge is 2.21. The number of aryl methyl sites for hydroxylation is 1. The maximum atomic E-state index is 5.23. The minimum absolute atomic E-state index is 0.663. The number of aromatic nitrogens is 2. The third-order valence-electron chi connectivity index (χ3n) is 3.14. The molecule has 1 aliphatic rings. The Labute approximate surface area is 89.7 Å². The van der Waals surface area contributed by atoms with Gasteiger partial charge < -0.3 is 14.5 Å². The fourth-order valence-corrected chi connectivity index (χ4v) is 2.41. The maximum absolute atomic E-state index is 5.23. The summed E-state index contributed by atoms with van der Waals surface area (Å²) in [6.45, 7) is 4.35. The summed E-state index contributed by atoms with van der Waals surface area (Å²) in [5.41, 5.74) is 1.23. The number of likely N-dealkylation sites (tertiary alicyclic amines) is 1. The van der Waals surface area contributed by atoms with E-state index in [9.17, 15) is 0 Å². The summed E-state index contributed by atoms with van der Waals surface area (Å²) in [6.07, 6.45) is 4.60. The van der Waals surface area contributed by atoms with Crippen LogP contribution in [-0.2, 0) is 6.54 Å². The first-order chi connectivity index (χ1) is 6.68. The zero-order valence-corrected chi connectivity index (χ0v) is 9.60. The van der Waals surface area contributed by atoms with E-state index in [-0.39, 0.29) is 0 Å². The highest BCUT2D eigenvalue weighted by molar-refractivity contribution is 7.71. The molecule has 0 amide bonds. The molecule has 1 aromatic rings. The lowest BCUT2D eigenvalue weighted by Gasteiger charge is -2.20. The Bertz CT molecular complexity index is 366. The van der Waals surface area contributed by atoms with Crippen LogP contribution < -0.4 is 0 Å². The Kier molecular flexibility index (Phi) is 2.74. The van der Waals surface area contributed by atoms with Crippen molar-refractivity contribution >= 4 is 12.2 Å². The van der Waals surface area contributed by atoms with Gasteiger partial charge in [-0.25, -0.2) is 0 Å². The second-order valence-electron chi connectivity index (χ2n) is 4.12. The van der Waals surface area contributed by atoms with E-state index in [2.05, 4.69) is 28.4 Å². The molecule has 1 atom stereocenters. The van der Waals surface area contributed by atoms with E-state index >= 15 is 0 Å². The Morgan fingerprint density at radius 1 is 1.64 bits per heavy atom. The van der Waals surface area contributed by atoms with E-state index in [1.165, 1.54) is 25.1 Å². The molecule has 3 nitrogen and oxygen atoms in total. The van der Waals surface area contributed by atoms with Gasteiger partial charge in [0.15, 0.2) is 4.77 Å². The van der Waals surface area contributed by atoms with Crippen molar-refractivity contribution in [2.24, 2.45) is 0 Å². The topological polar surface area (TPSA) is 24.0 Å². The zero-order chi connectivity index (χ0) is 10.1. The van der Waals surface area contributed by atoms with Crippen LogP contribution in [0.15, 0.2) is 6.20 Å². The summed E-state index contributed by atoms with van der Waals surface area (Å²) < 4.78 is 3.05. The molecule has 2 heterocycles. The summed E-state index contributed by atoms with van der Waals surface area (Å²) in [6, 6.07) is 0.663. The average Bonchev–Trinajstić information content (AvgIpc) is 2.67. The van der Waals surface area contributed by atoms with Crippen LogP contribution in [0, 0.1) is 11.7 Å². The van der Waals surface area contributed by atoms with Gasteiger partial charge in [0.1, 0.15) is 0 Å². The lowest BCUT2D eigenvalue weighted by atomic mass is 10.2. The second kappa shape index (κ2) is 3.87. The Morgan fingerprint density at radius 2 is 2.43 bits per heavy atom. The summed E-state index contributed by atoms with van der Waals surface area (Å²) in [5, 5.41) is 0. The van der Waals surface area contributed by atoms with Crippen LogP contribution in [0.1, 0.15) is 18.5 Å². The zero-order valence-electron chi connectivity index (χ0n) is 8.79. The first-order valence-electron chi connectivity index (χ1n) is 5.13. The predicted molar refractivity (Wildman–Crippen MR) is 60.0 cm³/mol. The molecule has 0 bridgehead atoms. The molecular formula is C10H17N3S. The van der Waals surface area contributed by atoms with Gasteiger partial charge in [0, 0.05) is 24.5 Å². The Morgan fingerprint density at radius 3 is 2.93 bits per heavy atom. The van der Waals surface area contributed by atoms with Gasteiger partial charge in [-0.2, -0.15) is 0 Å². The molecule has 1 saturated heterocycles. The molecule has 1 fully saturated rings. The van der Waals surface area contributed by atoms with Crippen molar-refractivity contribution in [3.8, 4) is 0 Å². The van der Waals surface area contributed by atoms with Crippen molar-refractivity contribution in [3.63, 3.8) is 0 Å². The van der Waals surface area contributed by atoms with E-state index in [1.807, 2.05) is 6.20 Å². The molecule has 1 aliphatic heterocycles. The summed E-state index contributed by atoms with van der Waals surface area (Å²) >= 11 is 5.23. The number of imidazole rings is 1. The number of likely N-dealkylation sites (N-methyl/N-ethyl adjacent to an activating group) is 1. The fourth-order valence-electron chi connectivity index (χ4n) is 2.13. The van der Waals surface area contributed by atoms with Crippen LogP contribution in [0.2, 0.25) is 0 Å². The van der Waals surface area contributed by atoms with E-state index in [1.54, 1.807) is 0 Å². The first kappa shape index (κ1) is 9.93. The van der Waals surface area contributed by atoms with E-state index in [0.717, 1.165) is 11.3 Å². The van der Waals surface area contributed by atoms with Crippen LogP contribution in [0.25, 0.3) is 0 Å². The standard InChI is InChI=1S/C10H17N3S/c1-8-6-11-10(14)13(8)7-9-4-3-5-12(9)2/h6,9H,3-5,7H2,1-2H3,(H,11,14). The number of nitrogens with one attached hydrogen (secondary N) is 1. The number of aromatic amines is 1.